The summed E-state index contributed by atoms with van der Waals surface area (Å²) in [6, 6.07) is 0. The molecule has 148 valence electrons. The number of fused-ring (bicyclic) bond motifs is 5. The summed E-state index contributed by atoms with van der Waals surface area (Å²) in [5.41, 5.74) is 2.69. The van der Waals surface area contributed by atoms with Crippen LogP contribution in [-0.4, -0.2) is 13.7 Å². The first-order chi connectivity index (χ1) is 12.5. The van der Waals surface area contributed by atoms with Crippen molar-refractivity contribution in [2.24, 2.45) is 46.3 Å². The van der Waals surface area contributed by atoms with Crippen LogP contribution in [0.25, 0.3) is 0 Å². The van der Waals surface area contributed by atoms with E-state index < -0.39 is 0 Å². The van der Waals surface area contributed by atoms with Crippen LogP contribution in [-0.2, 0) is 4.74 Å². The first kappa shape index (κ1) is 19.0. The summed E-state index contributed by atoms with van der Waals surface area (Å²) in [7, 11) is 1.89. The number of hydrogen-bond donors (Lipinski definition) is 0. The molecule has 1 heteroatoms. The highest BCUT2D eigenvalue weighted by atomic mass is 16.5. The molecule has 8 atom stereocenters. The summed E-state index contributed by atoms with van der Waals surface area (Å²) in [5, 5.41) is 0. The maximum absolute atomic E-state index is 5.53. The van der Waals surface area contributed by atoms with Crippen LogP contribution in [0.15, 0.2) is 12.2 Å². The van der Waals surface area contributed by atoms with Gasteiger partial charge in [0.05, 0.1) is 0 Å². The molecule has 0 aromatic carbocycles. The van der Waals surface area contributed by atoms with E-state index in [1.165, 1.54) is 69.8 Å². The number of ether oxygens (including phenoxy) is 1. The number of allylic oxidation sites excluding steroid dienone is 1. The molecule has 4 aliphatic carbocycles. The first-order valence-electron chi connectivity index (χ1n) is 11.6. The highest BCUT2D eigenvalue weighted by molar-refractivity contribution is 5.15. The second-order valence-corrected chi connectivity index (χ2v) is 10.9. The summed E-state index contributed by atoms with van der Waals surface area (Å²) in [6.45, 7) is 12.8. The summed E-state index contributed by atoms with van der Waals surface area (Å²) < 4.78 is 5.53. The zero-order valence-electron chi connectivity index (χ0n) is 17.9. The predicted octanol–water partition coefficient (Wildman–Crippen LogP) is 6.87. The van der Waals surface area contributed by atoms with Crippen molar-refractivity contribution in [3.63, 3.8) is 0 Å². The van der Waals surface area contributed by atoms with E-state index in [0.717, 1.165) is 42.1 Å². The normalized spacial score (nSPS) is 50.6. The maximum atomic E-state index is 5.53. The molecule has 0 aliphatic heterocycles. The van der Waals surface area contributed by atoms with Crippen molar-refractivity contribution < 1.29 is 4.74 Å². The minimum Gasteiger partial charge on any atom is -0.384 e. The fraction of sp³-hybridized carbons (Fsp3) is 0.920. The molecule has 0 radical (unpaired) electrons. The third-order valence-electron chi connectivity index (χ3n) is 10.1. The molecule has 26 heavy (non-hydrogen) atoms. The third-order valence-corrected chi connectivity index (χ3v) is 10.1. The van der Waals surface area contributed by atoms with E-state index in [1.807, 2.05) is 7.11 Å². The van der Waals surface area contributed by atoms with Crippen LogP contribution in [0.1, 0.15) is 85.0 Å². The Labute approximate surface area is 162 Å². The van der Waals surface area contributed by atoms with E-state index in [-0.39, 0.29) is 0 Å². The molecule has 0 bridgehead atoms. The van der Waals surface area contributed by atoms with Gasteiger partial charge in [-0.25, -0.2) is 0 Å². The number of hydrogen-bond acceptors (Lipinski definition) is 1. The largest absolute Gasteiger partial charge is 0.384 e. The molecular weight excluding hydrogens is 316 g/mol. The third kappa shape index (κ3) is 2.66. The van der Waals surface area contributed by atoms with Crippen LogP contribution in [0.2, 0.25) is 0 Å². The van der Waals surface area contributed by atoms with E-state index in [1.54, 1.807) is 0 Å². The van der Waals surface area contributed by atoms with Gasteiger partial charge < -0.3 is 4.74 Å². The second kappa shape index (κ2) is 6.94. The van der Waals surface area contributed by atoms with Gasteiger partial charge in [-0.3, -0.25) is 0 Å². The molecule has 4 saturated carbocycles. The quantitative estimate of drug-likeness (QED) is 0.498. The van der Waals surface area contributed by atoms with Gasteiger partial charge in [0, 0.05) is 13.7 Å². The van der Waals surface area contributed by atoms with Gasteiger partial charge in [0.1, 0.15) is 0 Å². The van der Waals surface area contributed by atoms with Gasteiger partial charge in [0.15, 0.2) is 0 Å². The van der Waals surface area contributed by atoms with Gasteiger partial charge in [-0.1, -0.05) is 26.0 Å². The molecule has 4 rings (SSSR count). The Hall–Kier alpha value is -0.300. The van der Waals surface area contributed by atoms with Crippen molar-refractivity contribution in [2.75, 3.05) is 13.7 Å². The average molecular weight is 359 g/mol. The molecule has 0 spiro atoms. The molecule has 0 amide bonds. The first-order valence-corrected chi connectivity index (χ1v) is 11.6. The Bertz CT molecular complexity index is 538. The van der Waals surface area contributed by atoms with Crippen LogP contribution in [0, 0.1) is 46.3 Å². The van der Waals surface area contributed by atoms with Gasteiger partial charge in [-0.05, 0) is 117 Å². The zero-order valence-corrected chi connectivity index (χ0v) is 17.9. The molecule has 0 aromatic rings. The molecule has 0 aromatic heterocycles. The topological polar surface area (TPSA) is 9.23 Å². The van der Waals surface area contributed by atoms with Crippen molar-refractivity contribution in [1.29, 1.82) is 0 Å². The highest BCUT2D eigenvalue weighted by Crippen LogP contribution is 2.69. The fourth-order valence-electron chi connectivity index (χ4n) is 9.05. The van der Waals surface area contributed by atoms with E-state index in [0.29, 0.717) is 10.8 Å². The minimum atomic E-state index is 0.558. The second-order valence-electron chi connectivity index (χ2n) is 10.9. The zero-order chi connectivity index (χ0) is 18.5. The number of rotatable bonds is 4. The van der Waals surface area contributed by atoms with Gasteiger partial charge >= 0.3 is 0 Å². The van der Waals surface area contributed by atoms with Crippen molar-refractivity contribution in [2.45, 2.75) is 85.0 Å². The van der Waals surface area contributed by atoms with E-state index in [2.05, 4.69) is 27.4 Å². The Kier molecular flexibility index (Phi) is 5.08. The molecule has 0 heterocycles. The Morgan fingerprint density at radius 3 is 2.54 bits per heavy atom. The monoisotopic (exact) mass is 358 g/mol. The predicted molar refractivity (Wildman–Crippen MR) is 110 cm³/mol. The summed E-state index contributed by atoms with van der Waals surface area (Å²) >= 11 is 0. The molecule has 0 saturated heterocycles. The van der Waals surface area contributed by atoms with Gasteiger partial charge in [0.25, 0.3) is 0 Å². The van der Waals surface area contributed by atoms with Crippen LogP contribution < -0.4 is 0 Å². The van der Waals surface area contributed by atoms with Crippen molar-refractivity contribution in [1.82, 2.24) is 0 Å². The molecule has 4 fully saturated rings. The smallest absolute Gasteiger partial charge is 0.0490 e. The molecule has 8 unspecified atom stereocenters. The van der Waals surface area contributed by atoms with E-state index >= 15 is 0 Å². The van der Waals surface area contributed by atoms with Crippen molar-refractivity contribution in [3.8, 4) is 0 Å². The Morgan fingerprint density at radius 1 is 1.04 bits per heavy atom. The highest BCUT2D eigenvalue weighted by Gasteiger charge is 2.60. The lowest BCUT2D eigenvalue weighted by molar-refractivity contribution is -0.130. The lowest BCUT2D eigenvalue weighted by Crippen LogP contribution is -2.54. The Morgan fingerprint density at radius 2 is 1.85 bits per heavy atom. The van der Waals surface area contributed by atoms with Gasteiger partial charge in [-0.2, -0.15) is 0 Å². The summed E-state index contributed by atoms with van der Waals surface area (Å²) in [5.74, 6) is 5.59. The van der Waals surface area contributed by atoms with Crippen molar-refractivity contribution in [3.05, 3.63) is 12.2 Å². The van der Waals surface area contributed by atoms with Gasteiger partial charge in [0.2, 0.25) is 0 Å². The SMILES string of the molecule is C=C(C)C1CCC2C3CCC4CC(COC)CCC4(CC)C3CCC12C. The molecule has 0 N–H and O–H groups in total. The van der Waals surface area contributed by atoms with Crippen molar-refractivity contribution >= 4 is 0 Å². The Balaban J connectivity index is 1.58. The maximum Gasteiger partial charge on any atom is 0.0490 e. The van der Waals surface area contributed by atoms with Gasteiger partial charge in [-0.15, -0.1) is 0 Å². The average Bonchev–Trinajstić information content (AvgIpc) is 2.99. The molecule has 1 nitrogen and oxygen atoms in total. The molecule has 4 aliphatic rings. The van der Waals surface area contributed by atoms with E-state index in [9.17, 15) is 0 Å². The lowest BCUT2D eigenvalue weighted by Gasteiger charge is -2.62. The molecular formula is C25H42O. The summed E-state index contributed by atoms with van der Waals surface area (Å²) in [6.07, 6.45) is 14.6. The van der Waals surface area contributed by atoms with E-state index in [4.69, 9.17) is 4.74 Å². The lowest BCUT2D eigenvalue weighted by atomic mass is 9.43. The van der Waals surface area contributed by atoms with Crippen LogP contribution >= 0.6 is 0 Å². The number of methoxy groups -OCH3 is 1. The van der Waals surface area contributed by atoms with Crippen LogP contribution in [0.3, 0.4) is 0 Å². The van der Waals surface area contributed by atoms with Crippen LogP contribution in [0.4, 0.5) is 0 Å². The fourth-order valence-corrected chi connectivity index (χ4v) is 9.05. The van der Waals surface area contributed by atoms with Crippen LogP contribution in [0.5, 0.6) is 0 Å². The summed E-state index contributed by atoms with van der Waals surface area (Å²) in [4.78, 5) is 0. The standard InChI is InChI=1S/C25H42O/c1-6-25-14-11-18(16-26-5)15-19(25)7-8-20-22-10-9-21(17(2)3)24(22,4)13-12-23(20)25/h18-23H,2,6-16H2,1,3-5H3. The minimum absolute atomic E-state index is 0.558.